The van der Waals surface area contributed by atoms with Gasteiger partial charge >= 0.3 is 0 Å². The third-order valence-electron chi connectivity index (χ3n) is 2.57. The van der Waals surface area contributed by atoms with Crippen LogP contribution in [0.15, 0.2) is 24.3 Å². The van der Waals surface area contributed by atoms with Crippen LogP contribution >= 0.6 is 12.2 Å². The second-order valence-corrected chi connectivity index (χ2v) is 4.39. The van der Waals surface area contributed by atoms with Crippen LogP contribution in [0.25, 0.3) is 5.69 Å². The molecule has 2 nitrogen and oxygen atoms in total. The van der Waals surface area contributed by atoms with Crippen molar-refractivity contribution in [2.75, 3.05) is 0 Å². The summed E-state index contributed by atoms with van der Waals surface area (Å²) in [7, 11) is 0. The molecule has 0 amide bonds. The van der Waals surface area contributed by atoms with Gasteiger partial charge in [0.15, 0.2) is 0 Å². The number of benzene rings is 1. The van der Waals surface area contributed by atoms with Crippen molar-refractivity contribution in [3.8, 4) is 5.69 Å². The molecule has 1 N–H and O–H groups in total. The first-order chi connectivity index (χ1) is 7.99. The molecule has 0 aliphatic rings. The second-order valence-electron chi connectivity index (χ2n) is 3.98. The van der Waals surface area contributed by atoms with Crippen LogP contribution in [0.3, 0.4) is 0 Å². The Labute approximate surface area is 103 Å². The van der Waals surface area contributed by atoms with Crippen molar-refractivity contribution < 1.29 is 8.78 Å². The molecule has 0 atom stereocenters. The molecule has 1 aromatic carbocycles. The lowest BCUT2D eigenvalue weighted by Crippen LogP contribution is -2.00. The number of nitrogens with zero attached hydrogens (tertiary/aromatic N) is 1. The molecule has 0 aliphatic heterocycles. The predicted octanol–water partition coefficient (Wildman–Crippen LogP) is 4.09. The molecule has 0 saturated heterocycles. The molecular weight excluding hydrogens is 242 g/mol. The van der Waals surface area contributed by atoms with Gasteiger partial charge < -0.3 is 0 Å². The zero-order chi connectivity index (χ0) is 12.6. The Balaban J connectivity index is 2.57. The summed E-state index contributed by atoms with van der Waals surface area (Å²) in [6, 6.07) is 7.07. The largest absolute Gasteiger partial charge is 0.291 e. The van der Waals surface area contributed by atoms with Gasteiger partial charge in [-0.15, -0.1) is 0 Å². The molecule has 1 aromatic heterocycles. The summed E-state index contributed by atoms with van der Waals surface area (Å²) in [6.07, 6.45) is -2.54. The summed E-state index contributed by atoms with van der Waals surface area (Å²) in [6.45, 7) is 3.91. The number of aryl methyl sites for hydroxylation is 2. The van der Waals surface area contributed by atoms with Crippen molar-refractivity contribution in [3.05, 3.63) is 45.7 Å². The Bertz CT molecular complexity index is 599. The van der Waals surface area contributed by atoms with Crippen molar-refractivity contribution in [1.82, 2.24) is 9.78 Å². The van der Waals surface area contributed by atoms with Gasteiger partial charge in [0, 0.05) is 6.07 Å². The molecule has 0 saturated carbocycles. The Kier molecular flexibility index (Phi) is 3.11. The maximum Gasteiger partial charge on any atom is 0.279 e. The number of aromatic amines is 1. The average molecular weight is 254 g/mol. The molecule has 0 aliphatic carbocycles. The lowest BCUT2D eigenvalue weighted by molar-refractivity contribution is 0.145. The molecule has 0 bridgehead atoms. The van der Waals surface area contributed by atoms with Gasteiger partial charge in [-0.05, 0) is 25.5 Å². The molecule has 0 fully saturated rings. The molecule has 0 unspecified atom stereocenters. The van der Waals surface area contributed by atoms with E-state index in [9.17, 15) is 8.78 Å². The summed E-state index contributed by atoms with van der Waals surface area (Å²) in [4.78, 5) is 0. The lowest BCUT2D eigenvalue weighted by atomic mass is 10.1. The van der Waals surface area contributed by atoms with E-state index in [-0.39, 0.29) is 5.69 Å². The van der Waals surface area contributed by atoms with Crippen molar-refractivity contribution in [2.24, 2.45) is 0 Å². The quantitative estimate of drug-likeness (QED) is 0.800. The molecule has 1 heterocycles. The highest BCUT2D eigenvalue weighted by Crippen LogP contribution is 2.21. The standard InChI is InChI=1S/C12H12F2N2S/c1-7-3-4-10(8(2)5-7)16-11(17)6-9(15-16)12(13)14/h3-6,12,15H,1-2H3. The van der Waals surface area contributed by atoms with Crippen LogP contribution in [-0.4, -0.2) is 9.78 Å². The number of hydrogen-bond acceptors (Lipinski definition) is 1. The monoisotopic (exact) mass is 254 g/mol. The molecule has 17 heavy (non-hydrogen) atoms. The van der Waals surface area contributed by atoms with Crippen molar-refractivity contribution in [2.45, 2.75) is 20.3 Å². The van der Waals surface area contributed by atoms with Crippen LogP contribution < -0.4 is 0 Å². The van der Waals surface area contributed by atoms with Crippen LogP contribution in [0.5, 0.6) is 0 Å². The predicted molar refractivity (Wildman–Crippen MR) is 65.4 cm³/mol. The van der Waals surface area contributed by atoms with Crippen LogP contribution in [-0.2, 0) is 0 Å². The van der Waals surface area contributed by atoms with E-state index in [2.05, 4.69) is 5.10 Å². The normalized spacial score (nSPS) is 11.1. The van der Waals surface area contributed by atoms with E-state index in [1.807, 2.05) is 32.0 Å². The molecule has 0 spiro atoms. The first-order valence-corrected chi connectivity index (χ1v) is 5.57. The average Bonchev–Trinajstić information content (AvgIpc) is 2.61. The fourth-order valence-electron chi connectivity index (χ4n) is 1.76. The lowest BCUT2D eigenvalue weighted by Gasteiger charge is -2.08. The first kappa shape index (κ1) is 12.0. The van der Waals surface area contributed by atoms with Crippen LogP contribution in [0.2, 0.25) is 0 Å². The van der Waals surface area contributed by atoms with E-state index in [1.165, 1.54) is 10.7 Å². The van der Waals surface area contributed by atoms with Crippen molar-refractivity contribution in [1.29, 1.82) is 0 Å². The fourth-order valence-corrected chi connectivity index (χ4v) is 2.03. The fraction of sp³-hybridized carbons (Fsp3) is 0.250. The number of aromatic nitrogens is 2. The summed E-state index contributed by atoms with van der Waals surface area (Å²) in [5, 5.41) is 2.62. The molecular formula is C12H12F2N2S. The first-order valence-electron chi connectivity index (χ1n) is 5.17. The smallest absolute Gasteiger partial charge is 0.279 e. The van der Waals surface area contributed by atoms with Gasteiger partial charge in [0.05, 0.1) is 5.69 Å². The summed E-state index contributed by atoms with van der Waals surface area (Å²) in [5.74, 6) is 0. The van der Waals surface area contributed by atoms with E-state index in [0.29, 0.717) is 4.64 Å². The minimum absolute atomic E-state index is 0.157. The van der Waals surface area contributed by atoms with Gasteiger partial charge in [0.25, 0.3) is 6.43 Å². The number of H-pyrrole nitrogens is 1. The third kappa shape index (κ3) is 2.29. The van der Waals surface area contributed by atoms with Gasteiger partial charge in [-0.3, -0.25) is 5.10 Å². The van der Waals surface area contributed by atoms with Crippen LogP contribution in [0, 0.1) is 18.5 Å². The number of halogens is 2. The Morgan fingerprint density at radius 1 is 1.24 bits per heavy atom. The van der Waals surface area contributed by atoms with E-state index in [0.717, 1.165) is 16.8 Å². The molecule has 5 heteroatoms. The zero-order valence-corrected chi connectivity index (χ0v) is 10.3. The van der Waals surface area contributed by atoms with Gasteiger partial charge in [-0.2, -0.15) is 0 Å². The maximum absolute atomic E-state index is 12.5. The van der Waals surface area contributed by atoms with E-state index in [4.69, 9.17) is 12.2 Å². The molecule has 2 rings (SSSR count). The number of alkyl halides is 2. The van der Waals surface area contributed by atoms with Gasteiger partial charge in [-0.25, -0.2) is 13.5 Å². The SMILES string of the molecule is Cc1ccc(-n2[nH]c(C(F)F)cc2=S)c(C)c1. The van der Waals surface area contributed by atoms with Crippen LogP contribution in [0.4, 0.5) is 8.78 Å². The molecule has 90 valence electrons. The second kappa shape index (κ2) is 4.41. The summed E-state index contributed by atoms with van der Waals surface area (Å²) < 4.78 is 27.0. The molecule has 2 aromatic rings. The Morgan fingerprint density at radius 2 is 1.94 bits per heavy atom. The minimum atomic E-state index is -2.54. The zero-order valence-electron chi connectivity index (χ0n) is 9.50. The summed E-state index contributed by atoms with van der Waals surface area (Å²) >= 11 is 5.06. The van der Waals surface area contributed by atoms with E-state index >= 15 is 0 Å². The molecule has 0 radical (unpaired) electrons. The van der Waals surface area contributed by atoms with Gasteiger partial charge in [-0.1, -0.05) is 29.9 Å². The number of hydrogen-bond donors (Lipinski definition) is 1. The van der Waals surface area contributed by atoms with Gasteiger partial charge in [0.1, 0.15) is 10.3 Å². The van der Waals surface area contributed by atoms with E-state index < -0.39 is 6.43 Å². The Hall–Kier alpha value is -1.49. The van der Waals surface area contributed by atoms with Gasteiger partial charge in [0.2, 0.25) is 0 Å². The van der Waals surface area contributed by atoms with Crippen molar-refractivity contribution >= 4 is 12.2 Å². The van der Waals surface area contributed by atoms with E-state index in [1.54, 1.807) is 0 Å². The highest BCUT2D eigenvalue weighted by atomic mass is 32.1. The highest BCUT2D eigenvalue weighted by Gasteiger charge is 2.12. The maximum atomic E-state index is 12.5. The minimum Gasteiger partial charge on any atom is -0.291 e. The highest BCUT2D eigenvalue weighted by molar-refractivity contribution is 7.71. The topological polar surface area (TPSA) is 20.7 Å². The van der Waals surface area contributed by atoms with Crippen LogP contribution in [0.1, 0.15) is 23.2 Å². The third-order valence-corrected chi connectivity index (χ3v) is 2.87. The number of rotatable bonds is 2. The number of nitrogens with one attached hydrogen (secondary N) is 1. The summed E-state index contributed by atoms with van der Waals surface area (Å²) in [5.41, 5.74) is 2.75. The Morgan fingerprint density at radius 3 is 2.47 bits per heavy atom. The van der Waals surface area contributed by atoms with Crippen molar-refractivity contribution in [3.63, 3.8) is 0 Å².